The summed E-state index contributed by atoms with van der Waals surface area (Å²) < 4.78 is 0. The first-order chi connectivity index (χ1) is 7.34. The molecule has 0 saturated heterocycles. The average molecular weight is 226 g/mol. The molecular formula is C13H26N2O. The molecule has 2 unspecified atom stereocenters. The van der Waals surface area contributed by atoms with Crippen LogP contribution in [-0.2, 0) is 4.79 Å². The van der Waals surface area contributed by atoms with E-state index in [0.717, 1.165) is 6.42 Å². The second kappa shape index (κ2) is 5.17. The van der Waals surface area contributed by atoms with Crippen molar-refractivity contribution >= 4 is 5.91 Å². The van der Waals surface area contributed by atoms with Gasteiger partial charge in [-0.2, -0.15) is 0 Å². The van der Waals surface area contributed by atoms with Crippen LogP contribution in [0.4, 0.5) is 0 Å². The summed E-state index contributed by atoms with van der Waals surface area (Å²) in [5, 5.41) is 3.47. The largest absolute Gasteiger partial charge is 0.368 e. The lowest BCUT2D eigenvalue weighted by atomic mass is 9.73. The van der Waals surface area contributed by atoms with Gasteiger partial charge in [0, 0.05) is 6.04 Å². The predicted molar refractivity (Wildman–Crippen MR) is 67.0 cm³/mol. The van der Waals surface area contributed by atoms with E-state index >= 15 is 0 Å². The van der Waals surface area contributed by atoms with E-state index < -0.39 is 0 Å². The first kappa shape index (κ1) is 13.5. The van der Waals surface area contributed by atoms with Crippen LogP contribution in [0.3, 0.4) is 0 Å². The van der Waals surface area contributed by atoms with Crippen LogP contribution in [0.15, 0.2) is 0 Å². The molecule has 3 nitrogen and oxygen atoms in total. The SMILES string of the molecule is CC(C)C(NC1CCCCC1(C)C)C(N)=O. The first-order valence-corrected chi connectivity index (χ1v) is 6.40. The Morgan fingerprint density at radius 2 is 2.00 bits per heavy atom. The number of primary amides is 1. The maximum Gasteiger partial charge on any atom is 0.234 e. The van der Waals surface area contributed by atoms with Gasteiger partial charge in [0.05, 0.1) is 6.04 Å². The molecule has 1 fully saturated rings. The molecule has 0 aromatic heterocycles. The summed E-state index contributed by atoms with van der Waals surface area (Å²) in [5.74, 6) is 0.0339. The van der Waals surface area contributed by atoms with E-state index in [1.165, 1.54) is 19.3 Å². The van der Waals surface area contributed by atoms with Gasteiger partial charge in [0.2, 0.25) is 5.91 Å². The van der Waals surface area contributed by atoms with Crippen LogP contribution in [0.5, 0.6) is 0 Å². The third-order valence-corrected chi connectivity index (χ3v) is 3.86. The standard InChI is InChI=1S/C13H26N2O/c1-9(2)11(12(14)16)15-10-7-5-6-8-13(10,3)4/h9-11,15H,5-8H2,1-4H3,(H2,14,16). The highest BCUT2D eigenvalue weighted by molar-refractivity contribution is 5.80. The summed E-state index contributed by atoms with van der Waals surface area (Å²) in [6.07, 6.45) is 4.94. The Labute approximate surface area is 99.2 Å². The molecule has 2 atom stereocenters. The molecule has 94 valence electrons. The fraction of sp³-hybridized carbons (Fsp3) is 0.923. The van der Waals surface area contributed by atoms with Crippen molar-refractivity contribution < 1.29 is 4.79 Å². The number of nitrogens with one attached hydrogen (secondary N) is 1. The number of amides is 1. The van der Waals surface area contributed by atoms with Crippen LogP contribution in [0, 0.1) is 11.3 Å². The minimum Gasteiger partial charge on any atom is -0.368 e. The van der Waals surface area contributed by atoms with Gasteiger partial charge in [-0.3, -0.25) is 4.79 Å². The van der Waals surface area contributed by atoms with Gasteiger partial charge in [0.25, 0.3) is 0 Å². The molecule has 0 aromatic carbocycles. The first-order valence-electron chi connectivity index (χ1n) is 6.40. The zero-order valence-electron chi connectivity index (χ0n) is 11.0. The van der Waals surface area contributed by atoms with Gasteiger partial charge >= 0.3 is 0 Å². The molecule has 0 aliphatic heterocycles. The van der Waals surface area contributed by atoms with Crippen molar-refractivity contribution in [3.8, 4) is 0 Å². The molecule has 1 saturated carbocycles. The fourth-order valence-electron chi connectivity index (χ4n) is 2.62. The molecule has 0 spiro atoms. The summed E-state index contributed by atoms with van der Waals surface area (Å²) in [6, 6.07) is 0.225. The Bertz CT molecular complexity index is 248. The average Bonchev–Trinajstić information content (AvgIpc) is 2.14. The zero-order valence-corrected chi connectivity index (χ0v) is 11.0. The highest BCUT2D eigenvalue weighted by Gasteiger charge is 2.35. The van der Waals surface area contributed by atoms with Gasteiger partial charge in [-0.15, -0.1) is 0 Å². The maximum absolute atomic E-state index is 11.4. The number of rotatable bonds is 4. The molecule has 16 heavy (non-hydrogen) atoms. The number of carbonyl (C=O) groups excluding carboxylic acids is 1. The number of hydrogen-bond acceptors (Lipinski definition) is 2. The van der Waals surface area contributed by atoms with Crippen LogP contribution in [0.25, 0.3) is 0 Å². The van der Waals surface area contributed by atoms with E-state index in [1.54, 1.807) is 0 Å². The molecule has 3 N–H and O–H groups in total. The van der Waals surface area contributed by atoms with Crippen molar-refractivity contribution in [3.05, 3.63) is 0 Å². The third kappa shape index (κ3) is 3.21. The summed E-state index contributed by atoms with van der Waals surface area (Å²) in [4.78, 5) is 11.4. The second-order valence-corrected chi connectivity index (χ2v) is 6.08. The Hall–Kier alpha value is -0.570. The van der Waals surface area contributed by atoms with E-state index in [-0.39, 0.29) is 23.3 Å². The smallest absolute Gasteiger partial charge is 0.234 e. The zero-order chi connectivity index (χ0) is 12.3. The normalized spacial score (nSPS) is 26.7. The summed E-state index contributed by atoms with van der Waals surface area (Å²) in [6.45, 7) is 8.64. The molecule has 0 bridgehead atoms. The Balaban J connectivity index is 2.66. The van der Waals surface area contributed by atoms with Crippen molar-refractivity contribution in [3.63, 3.8) is 0 Å². The second-order valence-electron chi connectivity index (χ2n) is 6.08. The molecule has 1 aliphatic rings. The van der Waals surface area contributed by atoms with Crippen LogP contribution in [-0.4, -0.2) is 18.0 Å². The summed E-state index contributed by atoms with van der Waals surface area (Å²) in [7, 11) is 0. The van der Waals surface area contributed by atoms with Gasteiger partial charge in [-0.25, -0.2) is 0 Å². The van der Waals surface area contributed by atoms with E-state index in [2.05, 4.69) is 19.2 Å². The Kier molecular flexibility index (Phi) is 4.36. The molecule has 3 heteroatoms. The van der Waals surface area contributed by atoms with Gasteiger partial charge < -0.3 is 11.1 Å². The quantitative estimate of drug-likeness (QED) is 0.771. The minimum atomic E-state index is -0.226. The van der Waals surface area contributed by atoms with E-state index in [9.17, 15) is 4.79 Å². The fourth-order valence-corrected chi connectivity index (χ4v) is 2.62. The van der Waals surface area contributed by atoms with Crippen molar-refractivity contribution in [1.82, 2.24) is 5.32 Å². The summed E-state index contributed by atoms with van der Waals surface area (Å²) >= 11 is 0. The lowest BCUT2D eigenvalue weighted by Gasteiger charge is -2.41. The van der Waals surface area contributed by atoms with E-state index in [4.69, 9.17) is 5.73 Å². The maximum atomic E-state index is 11.4. The monoisotopic (exact) mass is 226 g/mol. The van der Waals surface area contributed by atoms with Crippen molar-refractivity contribution in [1.29, 1.82) is 0 Å². The predicted octanol–water partition coefficient (Wildman–Crippen LogP) is 2.05. The lowest BCUT2D eigenvalue weighted by Crippen LogP contribution is -2.54. The summed E-state index contributed by atoms with van der Waals surface area (Å²) in [5.41, 5.74) is 5.72. The van der Waals surface area contributed by atoms with Crippen molar-refractivity contribution in [2.24, 2.45) is 17.1 Å². The molecule has 0 aromatic rings. The van der Waals surface area contributed by atoms with Gasteiger partial charge in [0.1, 0.15) is 0 Å². The van der Waals surface area contributed by atoms with Crippen molar-refractivity contribution in [2.75, 3.05) is 0 Å². The van der Waals surface area contributed by atoms with Crippen molar-refractivity contribution in [2.45, 2.75) is 65.5 Å². The number of hydrogen-bond donors (Lipinski definition) is 2. The molecular weight excluding hydrogens is 200 g/mol. The third-order valence-electron chi connectivity index (χ3n) is 3.86. The minimum absolute atomic E-state index is 0.192. The topological polar surface area (TPSA) is 55.1 Å². The van der Waals surface area contributed by atoms with E-state index in [0.29, 0.717) is 6.04 Å². The number of nitrogens with two attached hydrogens (primary N) is 1. The molecule has 1 aliphatic carbocycles. The number of carbonyl (C=O) groups is 1. The molecule has 0 heterocycles. The molecule has 1 amide bonds. The Morgan fingerprint density at radius 3 is 2.44 bits per heavy atom. The molecule has 1 rings (SSSR count). The van der Waals surface area contributed by atoms with Gasteiger partial charge in [0.15, 0.2) is 0 Å². The highest BCUT2D eigenvalue weighted by atomic mass is 16.1. The molecule has 0 radical (unpaired) electrons. The van der Waals surface area contributed by atoms with Crippen LogP contribution < -0.4 is 11.1 Å². The Morgan fingerprint density at radius 1 is 1.38 bits per heavy atom. The van der Waals surface area contributed by atoms with Crippen LogP contribution >= 0.6 is 0 Å². The lowest BCUT2D eigenvalue weighted by molar-refractivity contribution is -0.121. The van der Waals surface area contributed by atoms with Crippen LogP contribution in [0.2, 0.25) is 0 Å². The highest BCUT2D eigenvalue weighted by Crippen LogP contribution is 2.35. The van der Waals surface area contributed by atoms with Gasteiger partial charge in [-0.05, 0) is 24.2 Å². The van der Waals surface area contributed by atoms with E-state index in [1.807, 2.05) is 13.8 Å². The van der Waals surface area contributed by atoms with Gasteiger partial charge in [-0.1, -0.05) is 40.5 Å². The van der Waals surface area contributed by atoms with Crippen LogP contribution in [0.1, 0.15) is 53.4 Å².